The summed E-state index contributed by atoms with van der Waals surface area (Å²) in [6.45, 7) is 0.888. The zero-order valence-corrected chi connectivity index (χ0v) is 12.1. The Kier molecular flexibility index (Phi) is 3.83. The van der Waals surface area contributed by atoms with Crippen molar-refractivity contribution >= 4 is 27.9 Å². The Morgan fingerprint density at radius 1 is 1.25 bits per heavy atom. The molecule has 1 aromatic carbocycles. The van der Waals surface area contributed by atoms with Crippen molar-refractivity contribution in [3.63, 3.8) is 0 Å². The Morgan fingerprint density at radius 3 is 3.00 bits per heavy atom. The summed E-state index contributed by atoms with van der Waals surface area (Å²) in [5, 5.41) is 7.79. The average Bonchev–Trinajstić information content (AvgIpc) is 3.00. The standard InChI is InChI=1S/C16H16N2OS/c1-19-13-4-5-15-12(11-13)6-8-17-16(15)18-9-7-14-3-2-10-20-14/h2-6,8,10-11H,7,9H2,1H3,(H,17,18). The molecule has 0 aliphatic carbocycles. The predicted molar refractivity (Wildman–Crippen MR) is 84.8 cm³/mol. The topological polar surface area (TPSA) is 34.1 Å². The number of hydrogen-bond acceptors (Lipinski definition) is 4. The van der Waals surface area contributed by atoms with Crippen LogP contribution < -0.4 is 10.1 Å². The molecule has 2 heterocycles. The molecule has 3 rings (SSSR count). The van der Waals surface area contributed by atoms with E-state index >= 15 is 0 Å². The molecule has 0 bridgehead atoms. The van der Waals surface area contributed by atoms with Crippen molar-refractivity contribution in [3.8, 4) is 5.75 Å². The number of aromatic nitrogens is 1. The molecule has 4 heteroatoms. The van der Waals surface area contributed by atoms with Crippen molar-refractivity contribution in [2.45, 2.75) is 6.42 Å². The second-order valence-corrected chi connectivity index (χ2v) is 5.54. The van der Waals surface area contributed by atoms with Gasteiger partial charge in [0.15, 0.2) is 0 Å². The summed E-state index contributed by atoms with van der Waals surface area (Å²) in [4.78, 5) is 5.82. The summed E-state index contributed by atoms with van der Waals surface area (Å²) >= 11 is 1.79. The fourth-order valence-electron chi connectivity index (χ4n) is 2.18. The van der Waals surface area contributed by atoms with Crippen molar-refractivity contribution in [3.05, 3.63) is 52.9 Å². The van der Waals surface area contributed by atoms with Crippen LogP contribution in [0.25, 0.3) is 10.8 Å². The van der Waals surface area contributed by atoms with Crippen LogP contribution >= 0.6 is 11.3 Å². The quantitative estimate of drug-likeness (QED) is 0.770. The monoisotopic (exact) mass is 284 g/mol. The molecule has 0 spiro atoms. The maximum absolute atomic E-state index is 5.25. The third-order valence-electron chi connectivity index (χ3n) is 3.22. The third kappa shape index (κ3) is 2.75. The summed E-state index contributed by atoms with van der Waals surface area (Å²) in [5.41, 5.74) is 0. The van der Waals surface area contributed by atoms with Crippen LogP contribution in [0.3, 0.4) is 0 Å². The zero-order chi connectivity index (χ0) is 13.8. The molecule has 0 amide bonds. The number of pyridine rings is 1. The first-order chi connectivity index (χ1) is 9.86. The smallest absolute Gasteiger partial charge is 0.133 e. The van der Waals surface area contributed by atoms with Gasteiger partial charge in [0.2, 0.25) is 0 Å². The normalized spacial score (nSPS) is 10.7. The van der Waals surface area contributed by atoms with Gasteiger partial charge in [0.1, 0.15) is 11.6 Å². The fourth-order valence-corrected chi connectivity index (χ4v) is 2.89. The number of methoxy groups -OCH3 is 1. The van der Waals surface area contributed by atoms with Gasteiger partial charge in [-0.25, -0.2) is 4.98 Å². The number of thiophene rings is 1. The zero-order valence-electron chi connectivity index (χ0n) is 11.3. The van der Waals surface area contributed by atoms with Crippen LogP contribution in [0.15, 0.2) is 48.0 Å². The summed E-state index contributed by atoms with van der Waals surface area (Å²) in [5.74, 6) is 1.80. The highest BCUT2D eigenvalue weighted by Gasteiger charge is 2.03. The van der Waals surface area contributed by atoms with Gasteiger partial charge in [-0.3, -0.25) is 0 Å². The molecule has 0 aliphatic rings. The number of benzene rings is 1. The van der Waals surface area contributed by atoms with Gasteiger partial charge in [0.25, 0.3) is 0 Å². The third-order valence-corrected chi connectivity index (χ3v) is 4.15. The number of fused-ring (bicyclic) bond motifs is 1. The van der Waals surface area contributed by atoms with Crippen LogP contribution in [0.2, 0.25) is 0 Å². The van der Waals surface area contributed by atoms with E-state index in [1.54, 1.807) is 18.4 Å². The van der Waals surface area contributed by atoms with Crippen molar-refractivity contribution in [2.24, 2.45) is 0 Å². The molecule has 3 nitrogen and oxygen atoms in total. The van der Waals surface area contributed by atoms with E-state index in [-0.39, 0.29) is 0 Å². The minimum atomic E-state index is 0.869. The highest BCUT2D eigenvalue weighted by molar-refractivity contribution is 7.09. The SMILES string of the molecule is COc1ccc2c(NCCc3cccs3)nccc2c1. The number of rotatable bonds is 5. The van der Waals surface area contributed by atoms with Gasteiger partial charge >= 0.3 is 0 Å². The van der Waals surface area contributed by atoms with Crippen LogP contribution in [0.1, 0.15) is 4.88 Å². The number of ether oxygens (including phenoxy) is 1. The Labute approximate surface area is 122 Å². The van der Waals surface area contributed by atoms with Gasteiger partial charge < -0.3 is 10.1 Å². The molecule has 0 atom stereocenters. The van der Waals surface area contributed by atoms with E-state index in [9.17, 15) is 0 Å². The van der Waals surface area contributed by atoms with Crippen molar-refractivity contribution in [1.29, 1.82) is 0 Å². The molecule has 0 unspecified atom stereocenters. The highest BCUT2D eigenvalue weighted by atomic mass is 32.1. The van der Waals surface area contributed by atoms with E-state index in [1.807, 2.05) is 24.4 Å². The number of anilines is 1. The van der Waals surface area contributed by atoms with E-state index in [4.69, 9.17) is 4.74 Å². The molecule has 0 aliphatic heterocycles. The number of hydrogen-bond donors (Lipinski definition) is 1. The van der Waals surface area contributed by atoms with E-state index in [1.165, 1.54) is 4.88 Å². The Hall–Kier alpha value is -2.07. The lowest BCUT2D eigenvalue weighted by molar-refractivity contribution is 0.415. The molecule has 0 radical (unpaired) electrons. The van der Waals surface area contributed by atoms with E-state index in [2.05, 4.69) is 33.9 Å². The Morgan fingerprint density at radius 2 is 2.20 bits per heavy atom. The second-order valence-electron chi connectivity index (χ2n) is 4.50. The van der Waals surface area contributed by atoms with Crippen LogP contribution in [0.5, 0.6) is 5.75 Å². The van der Waals surface area contributed by atoms with E-state index in [0.29, 0.717) is 0 Å². The van der Waals surface area contributed by atoms with Gasteiger partial charge in [-0.15, -0.1) is 11.3 Å². The lowest BCUT2D eigenvalue weighted by Gasteiger charge is -2.09. The van der Waals surface area contributed by atoms with E-state index in [0.717, 1.165) is 35.3 Å². The lowest BCUT2D eigenvalue weighted by atomic mass is 10.1. The predicted octanol–water partition coefficient (Wildman–Crippen LogP) is 3.96. The minimum absolute atomic E-state index is 0.869. The molecule has 2 aromatic heterocycles. The largest absolute Gasteiger partial charge is 0.497 e. The summed E-state index contributed by atoms with van der Waals surface area (Å²) < 4.78 is 5.25. The molecule has 0 saturated heterocycles. The molecule has 0 fully saturated rings. The van der Waals surface area contributed by atoms with Gasteiger partial charge in [-0.1, -0.05) is 6.07 Å². The minimum Gasteiger partial charge on any atom is -0.497 e. The Bertz CT molecular complexity index is 695. The highest BCUT2D eigenvalue weighted by Crippen LogP contribution is 2.25. The second kappa shape index (κ2) is 5.92. The number of nitrogens with one attached hydrogen (secondary N) is 1. The van der Waals surface area contributed by atoms with Crippen LogP contribution in [-0.2, 0) is 6.42 Å². The van der Waals surface area contributed by atoms with Gasteiger partial charge in [0, 0.05) is 23.0 Å². The van der Waals surface area contributed by atoms with Crippen LogP contribution in [0.4, 0.5) is 5.82 Å². The molecule has 0 saturated carbocycles. The van der Waals surface area contributed by atoms with Gasteiger partial charge in [-0.2, -0.15) is 0 Å². The summed E-state index contributed by atoms with van der Waals surface area (Å²) in [7, 11) is 1.68. The Balaban J connectivity index is 1.77. The maximum Gasteiger partial charge on any atom is 0.133 e. The van der Waals surface area contributed by atoms with E-state index < -0.39 is 0 Å². The first-order valence-electron chi connectivity index (χ1n) is 6.56. The van der Waals surface area contributed by atoms with Crippen molar-refractivity contribution in [1.82, 2.24) is 4.98 Å². The summed E-state index contributed by atoms with van der Waals surface area (Å²) in [6.07, 6.45) is 2.85. The first-order valence-corrected chi connectivity index (χ1v) is 7.44. The first kappa shape index (κ1) is 12.9. The fraction of sp³-hybridized carbons (Fsp3) is 0.188. The average molecular weight is 284 g/mol. The maximum atomic E-state index is 5.25. The molecule has 1 N–H and O–H groups in total. The molecule has 102 valence electrons. The van der Waals surface area contributed by atoms with Gasteiger partial charge in [-0.05, 0) is 47.5 Å². The van der Waals surface area contributed by atoms with Gasteiger partial charge in [0.05, 0.1) is 7.11 Å². The van der Waals surface area contributed by atoms with Crippen molar-refractivity contribution in [2.75, 3.05) is 19.0 Å². The van der Waals surface area contributed by atoms with Crippen LogP contribution in [-0.4, -0.2) is 18.6 Å². The molecular weight excluding hydrogens is 268 g/mol. The summed E-state index contributed by atoms with van der Waals surface area (Å²) in [6, 6.07) is 12.3. The van der Waals surface area contributed by atoms with Crippen molar-refractivity contribution < 1.29 is 4.74 Å². The molecular formula is C16H16N2OS. The number of nitrogens with zero attached hydrogens (tertiary/aromatic N) is 1. The lowest BCUT2D eigenvalue weighted by Crippen LogP contribution is -2.05. The molecule has 20 heavy (non-hydrogen) atoms. The molecule has 3 aromatic rings. The van der Waals surface area contributed by atoms with Crippen LogP contribution in [0, 0.1) is 0 Å².